The van der Waals surface area contributed by atoms with Gasteiger partial charge < -0.3 is 4.98 Å². The number of hydrogen-bond acceptors (Lipinski definition) is 3. The van der Waals surface area contributed by atoms with Crippen molar-refractivity contribution in [1.29, 1.82) is 0 Å². The standard InChI is InChI=1S/C8H14N2.C5H5NO/c1-3-4-5-8-6-9-7(2)10-8;7-5-2-1-3-6-4-5/h6H,3-5H2,1-2H3,(H,9,10);1-3H,4H2. The zero-order chi connectivity index (χ0) is 12.5. The Hall–Kier alpha value is -1.71. The lowest BCUT2D eigenvalue weighted by Crippen LogP contribution is -2.00. The molecule has 2 rings (SSSR count). The third-order valence-corrected chi connectivity index (χ3v) is 2.27. The van der Waals surface area contributed by atoms with Crippen LogP contribution in [0.4, 0.5) is 0 Å². The first-order valence-corrected chi connectivity index (χ1v) is 5.92. The quantitative estimate of drug-likeness (QED) is 0.870. The highest BCUT2D eigenvalue weighted by Crippen LogP contribution is 2.01. The first kappa shape index (κ1) is 13.4. The van der Waals surface area contributed by atoms with Gasteiger partial charge in [-0.1, -0.05) is 13.3 Å². The minimum atomic E-state index is 0.0856. The molecule has 2 heterocycles. The second kappa shape index (κ2) is 7.54. The molecule has 1 N–H and O–H groups in total. The van der Waals surface area contributed by atoms with Gasteiger partial charge in [-0.2, -0.15) is 0 Å². The van der Waals surface area contributed by atoms with E-state index < -0.39 is 0 Å². The summed E-state index contributed by atoms with van der Waals surface area (Å²) in [4.78, 5) is 21.3. The van der Waals surface area contributed by atoms with Crippen LogP contribution in [-0.2, 0) is 11.2 Å². The fraction of sp³-hybridized carbons (Fsp3) is 0.462. The van der Waals surface area contributed by atoms with Gasteiger partial charge in [0.15, 0.2) is 5.78 Å². The summed E-state index contributed by atoms with van der Waals surface area (Å²) in [5.41, 5.74) is 1.19. The molecule has 0 saturated heterocycles. The monoisotopic (exact) mass is 233 g/mol. The molecule has 0 spiro atoms. The summed E-state index contributed by atoms with van der Waals surface area (Å²) in [6.45, 7) is 4.51. The van der Waals surface area contributed by atoms with Crippen molar-refractivity contribution in [2.24, 2.45) is 4.99 Å². The van der Waals surface area contributed by atoms with Crippen molar-refractivity contribution in [3.05, 3.63) is 29.9 Å². The van der Waals surface area contributed by atoms with E-state index >= 15 is 0 Å². The van der Waals surface area contributed by atoms with Gasteiger partial charge in [-0.3, -0.25) is 9.79 Å². The first-order valence-electron chi connectivity index (χ1n) is 5.92. The van der Waals surface area contributed by atoms with E-state index in [0.29, 0.717) is 6.54 Å². The minimum Gasteiger partial charge on any atom is -0.349 e. The number of aliphatic imine (C=N–C) groups is 1. The first-order chi connectivity index (χ1) is 8.22. The Morgan fingerprint density at radius 1 is 1.47 bits per heavy atom. The molecule has 0 unspecified atom stereocenters. The molecule has 1 aliphatic rings. The van der Waals surface area contributed by atoms with Crippen molar-refractivity contribution in [2.75, 3.05) is 6.54 Å². The number of aromatic amines is 1. The number of carbonyl (C=O) groups excluding carboxylic acids is 1. The van der Waals surface area contributed by atoms with Crippen molar-refractivity contribution >= 4 is 12.0 Å². The Morgan fingerprint density at radius 2 is 2.29 bits per heavy atom. The zero-order valence-electron chi connectivity index (χ0n) is 10.4. The Kier molecular flexibility index (Phi) is 5.93. The van der Waals surface area contributed by atoms with Gasteiger partial charge >= 0.3 is 0 Å². The lowest BCUT2D eigenvalue weighted by molar-refractivity contribution is -0.113. The van der Waals surface area contributed by atoms with Crippen molar-refractivity contribution in [2.45, 2.75) is 33.1 Å². The van der Waals surface area contributed by atoms with Crippen LogP contribution in [0.5, 0.6) is 0 Å². The molecule has 0 amide bonds. The van der Waals surface area contributed by atoms with Crippen molar-refractivity contribution in [1.82, 2.24) is 9.97 Å². The minimum absolute atomic E-state index is 0.0856. The maximum atomic E-state index is 10.3. The summed E-state index contributed by atoms with van der Waals surface area (Å²) in [6.07, 6.45) is 10.4. The SMILES string of the molecule is CCCCc1c[nH]c(C)n1.O=C1C=CC=NC1. The number of ketones is 1. The summed E-state index contributed by atoms with van der Waals surface area (Å²) in [6, 6.07) is 0. The highest BCUT2D eigenvalue weighted by atomic mass is 16.1. The van der Waals surface area contributed by atoms with Crippen LogP contribution in [0, 0.1) is 6.92 Å². The number of dihydropyridines is 1. The summed E-state index contributed by atoms with van der Waals surface area (Å²) in [7, 11) is 0. The largest absolute Gasteiger partial charge is 0.349 e. The number of unbranched alkanes of at least 4 members (excludes halogenated alkanes) is 1. The number of nitrogens with zero attached hydrogens (tertiary/aromatic N) is 2. The number of allylic oxidation sites excluding steroid dienone is 1. The number of imidazole rings is 1. The topological polar surface area (TPSA) is 58.1 Å². The number of aryl methyl sites for hydroxylation is 2. The molecule has 0 bridgehead atoms. The molecular weight excluding hydrogens is 214 g/mol. The molecule has 1 aromatic heterocycles. The molecule has 0 radical (unpaired) electrons. The van der Waals surface area contributed by atoms with E-state index in [-0.39, 0.29) is 5.78 Å². The molecule has 92 valence electrons. The van der Waals surface area contributed by atoms with E-state index in [9.17, 15) is 4.79 Å². The second-order valence-electron chi connectivity index (χ2n) is 3.90. The smallest absolute Gasteiger partial charge is 0.177 e. The lowest BCUT2D eigenvalue weighted by Gasteiger charge is -1.89. The Morgan fingerprint density at radius 3 is 2.71 bits per heavy atom. The van der Waals surface area contributed by atoms with Gasteiger partial charge in [-0.05, 0) is 31.9 Å². The van der Waals surface area contributed by atoms with E-state index in [1.807, 2.05) is 13.1 Å². The van der Waals surface area contributed by atoms with Crippen LogP contribution in [0.1, 0.15) is 31.3 Å². The van der Waals surface area contributed by atoms with Gasteiger partial charge in [0.05, 0.1) is 5.69 Å². The van der Waals surface area contributed by atoms with Gasteiger partial charge in [-0.25, -0.2) is 4.98 Å². The van der Waals surface area contributed by atoms with E-state index in [1.54, 1.807) is 12.3 Å². The van der Waals surface area contributed by atoms with Crippen LogP contribution in [0.3, 0.4) is 0 Å². The van der Waals surface area contributed by atoms with Crippen molar-refractivity contribution in [3.63, 3.8) is 0 Å². The average Bonchev–Trinajstić information content (AvgIpc) is 2.74. The number of rotatable bonds is 3. The summed E-state index contributed by atoms with van der Waals surface area (Å²) in [5, 5.41) is 0. The highest BCUT2D eigenvalue weighted by Gasteiger charge is 1.94. The molecular formula is C13H19N3O. The molecule has 1 aromatic rings. The van der Waals surface area contributed by atoms with Gasteiger partial charge in [0.1, 0.15) is 12.4 Å². The van der Waals surface area contributed by atoms with Gasteiger partial charge in [-0.15, -0.1) is 0 Å². The summed E-state index contributed by atoms with van der Waals surface area (Å²) < 4.78 is 0. The fourth-order valence-electron chi connectivity index (χ4n) is 1.36. The normalized spacial score (nSPS) is 13.4. The zero-order valence-corrected chi connectivity index (χ0v) is 10.4. The van der Waals surface area contributed by atoms with Crippen LogP contribution in [0.25, 0.3) is 0 Å². The van der Waals surface area contributed by atoms with Gasteiger partial charge in [0.2, 0.25) is 0 Å². The maximum absolute atomic E-state index is 10.3. The Labute approximate surface area is 102 Å². The number of carbonyl (C=O) groups is 1. The predicted molar refractivity (Wildman–Crippen MR) is 69.4 cm³/mol. The highest BCUT2D eigenvalue weighted by molar-refractivity contribution is 5.98. The second-order valence-corrected chi connectivity index (χ2v) is 3.90. The summed E-state index contributed by atoms with van der Waals surface area (Å²) >= 11 is 0. The Balaban J connectivity index is 0.000000181. The molecule has 0 saturated carbocycles. The number of H-pyrrole nitrogens is 1. The van der Waals surface area contributed by atoms with Crippen molar-refractivity contribution < 1.29 is 4.79 Å². The number of nitrogens with one attached hydrogen (secondary N) is 1. The van der Waals surface area contributed by atoms with Crippen LogP contribution in [-0.4, -0.2) is 28.5 Å². The van der Waals surface area contributed by atoms with E-state index in [4.69, 9.17) is 0 Å². The van der Waals surface area contributed by atoms with Crippen LogP contribution < -0.4 is 0 Å². The molecule has 1 aliphatic heterocycles. The molecule has 0 aliphatic carbocycles. The molecule has 0 atom stereocenters. The van der Waals surface area contributed by atoms with Gasteiger partial charge in [0, 0.05) is 12.4 Å². The van der Waals surface area contributed by atoms with E-state index in [1.165, 1.54) is 24.6 Å². The fourth-order valence-corrected chi connectivity index (χ4v) is 1.36. The third kappa shape index (κ3) is 5.80. The molecule has 4 nitrogen and oxygen atoms in total. The van der Waals surface area contributed by atoms with Crippen molar-refractivity contribution in [3.8, 4) is 0 Å². The average molecular weight is 233 g/mol. The number of hydrogen-bond donors (Lipinski definition) is 1. The van der Waals surface area contributed by atoms with Crippen LogP contribution >= 0.6 is 0 Å². The lowest BCUT2D eigenvalue weighted by atomic mass is 10.2. The molecule has 0 aromatic carbocycles. The van der Waals surface area contributed by atoms with Crippen LogP contribution in [0.2, 0.25) is 0 Å². The van der Waals surface area contributed by atoms with E-state index in [0.717, 1.165) is 12.2 Å². The Bertz CT molecular complexity index is 405. The summed E-state index contributed by atoms with van der Waals surface area (Å²) in [5.74, 6) is 1.11. The predicted octanol–water partition coefficient (Wildman–Crippen LogP) is 2.26. The molecule has 17 heavy (non-hydrogen) atoms. The third-order valence-electron chi connectivity index (χ3n) is 2.27. The van der Waals surface area contributed by atoms with Gasteiger partial charge in [0.25, 0.3) is 0 Å². The van der Waals surface area contributed by atoms with E-state index in [2.05, 4.69) is 21.9 Å². The molecule has 0 fully saturated rings. The maximum Gasteiger partial charge on any atom is 0.177 e. The molecule has 4 heteroatoms. The van der Waals surface area contributed by atoms with Crippen LogP contribution in [0.15, 0.2) is 23.3 Å². The number of aromatic nitrogens is 2.